The molecule has 6 nitrogen and oxygen atoms in total. The Labute approximate surface area is 166 Å². The molecule has 2 N–H and O–H groups in total. The molecule has 146 valence electrons. The number of aliphatic hydroxyl groups excluding tert-OH is 1. The van der Waals surface area contributed by atoms with Crippen LogP contribution in [0.15, 0.2) is 9.72 Å². The van der Waals surface area contributed by atoms with Gasteiger partial charge in [-0.15, -0.1) is 22.9 Å². The van der Waals surface area contributed by atoms with Gasteiger partial charge in [-0.2, -0.15) is 0 Å². The highest BCUT2D eigenvalue weighted by molar-refractivity contribution is 8.01. The number of thiazole rings is 1. The van der Waals surface area contributed by atoms with Crippen LogP contribution >= 0.6 is 34.7 Å². The molecule has 9 heteroatoms. The van der Waals surface area contributed by atoms with Crippen LogP contribution in [-0.2, 0) is 9.47 Å². The van der Waals surface area contributed by atoms with E-state index < -0.39 is 5.97 Å². The lowest BCUT2D eigenvalue weighted by Gasteiger charge is -2.29. The minimum Gasteiger partial charge on any atom is -0.476 e. The number of thioether (sulfide) groups is 1. The second-order valence-electron chi connectivity index (χ2n) is 6.67. The third-order valence-electron chi connectivity index (χ3n) is 5.00. The summed E-state index contributed by atoms with van der Waals surface area (Å²) in [5, 5.41) is 20.3. The summed E-state index contributed by atoms with van der Waals surface area (Å²) in [6.07, 6.45) is 4.39. The Morgan fingerprint density at radius 3 is 2.96 bits per heavy atom. The normalized spacial score (nSPS) is 32.0. The first-order chi connectivity index (χ1) is 12.6. The van der Waals surface area contributed by atoms with E-state index in [2.05, 4.69) is 4.98 Å². The first kappa shape index (κ1) is 20.4. The molecule has 2 fully saturated rings. The van der Waals surface area contributed by atoms with Gasteiger partial charge in [0.1, 0.15) is 0 Å². The van der Waals surface area contributed by atoms with Gasteiger partial charge in [0.25, 0.3) is 0 Å². The molecule has 0 bridgehead atoms. The Hall–Kier alpha value is -0.380. The number of carboxylic acids is 1. The van der Waals surface area contributed by atoms with Gasteiger partial charge >= 0.3 is 5.97 Å². The summed E-state index contributed by atoms with van der Waals surface area (Å²) >= 11 is 9.43. The van der Waals surface area contributed by atoms with Crippen molar-refractivity contribution in [2.24, 2.45) is 11.8 Å². The number of alkyl halides is 1. The summed E-state index contributed by atoms with van der Waals surface area (Å²) in [6, 6.07) is 0. The first-order valence-electron chi connectivity index (χ1n) is 8.92. The molecular formula is C17H24ClNO5S2. The molecule has 0 radical (unpaired) electrons. The summed E-state index contributed by atoms with van der Waals surface area (Å²) < 4.78 is 12.5. The fourth-order valence-corrected chi connectivity index (χ4v) is 6.04. The molecule has 5 atom stereocenters. The molecule has 1 aliphatic carbocycles. The number of nitrogens with zero attached hydrogens (tertiary/aromatic N) is 1. The van der Waals surface area contributed by atoms with Crippen LogP contribution in [-0.4, -0.2) is 57.9 Å². The van der Waals surface area contributed by atoms with Crippen molar-refractivity contribution < 1.29 is 24.5 Å². The van der Waals surface area contributed by atoms with E-state index in [1.807, 2.05) is 0 Å². The Morgan fingerprint density at radius 2 is 2.31 bits per heavy atom. The van der Waals surface area contributed by atoms with E-state index in [-0.39, 0.29) is 41.9 Å². The number of carboxylic acid groups (broad SMARTS) is 1. The van der Waals surface area contributed by atoms with E-state index in [4.69, 9.17) is 26.2 Å². The van der Waals surface area contributed by atoms with Crippen molar-refractivity contribution in [3.8, 4) is 0 Å². The topological polar surface area (TPSA) is 88.9 Å². The number of aromatic carboxylic acids is 1. The molecule has 2 heterocycles. The number of ether oxygens (including phenoxy) is 2. The van der Waals surface area contributed by atoms with Crippen LogP contribution in [0.5, 0.6) is 0 Å². The van der Waals surface area contributed by atoms with Crippen molar-refractivity contribution in [1.82, 2.24) is 4.98 Å². The fourth-order valence-electron chi connectivity index (χ4n) is 3.64. The maximum absolute atomic E-state index is 10.9. The first-order valence-corrected chi connectivity index (χ1v) is 11.2. The number of aromatic nitrogens is 1. The molecule has 0 amide bonds. The highest BCUT2D eigenvalue weighted by Crippen LogP contribution is 2.41. The summed E-state index contributed by atoms with van der Waals surface area (Å²) in [5.41, 5.74) is 0.0859. The average Bonchev–Trinajstić information content (AvgIpc) is 3.21. The average molecular weight is 422 g/mol. The van der Waals surface area contributed by atoms with Gasteiger partial charge in [-0.3, -0.25) is 0 Å². The third-order valence-corrected chi connectivity index (χ3v) is 7.56. The van der Waals surface area contributed by atoms with Gasteiger partial charge in [0.2, 0.25) is 0 Å². The number of rotatable bonds is 8. The van der Waals surface area contributed by atoms with Crippen molar-refractivity contribution in [3.63, 3.8) is 0 Å². The third kappa shape index (κ3) is 5.11. The molecule has 2 aliphatic rings. The zero-order chi connectivity index (χ0) is 18.5. The largest absolute Gasteiger partial charge is 0.476 e. The van der Waals surface area contributed by atoms with Gasteiger partial charge in [-0.1, -0.05) is 11.8 Å². The summed E-state index contributed by atoms with van der Waals surface area (Å²) in [6.45, 7) is 0.786. The molecule has 26 heavy (non-hydrogen) atoms. The molecule has 1 aromatic heterocycles. The zero-order valence-corrected chi connectivity index (χ0v) is 16.8. The summed E-state index contributed by atoms with van der Waals surface area (Å²) in [5.74, 6) is -0.0463. The van der Waals surface area contributed by atoms with Crippen LogP contribution < -0.4 is 0 Å². The van der Waals surface area contributed by atoms with Crippen LogP contribution in [0.25, 0.3) is 0 Å². The van der Waals surface area contributed by atoms with Crippen molar-refractivity contribution in [3.05, 3.63) is 11.1 Å². The highest BCUT2D eigenvalue weighted by atomic mass is 35.5. The Kier molecular flexibility index (Phi) is 7.60. The lowest BCUT2D eigenvalue weighted by Crippen LogP contribution is -2.33. The van der Waals surface area contributed by atoms with Crippen molar-refractivity contribution in [2.75, 3.05) is 19.0 Å². The predicted octanol–water partition coefficient (Wildman–Crippen LogP) is 3.47. The Bertz CT molecular complexity index is 595. The molecular weight excluding hydrogens is 398 g/mol. The van der Waals surface area contributed by atoms with E-state index in [9.17, 15) is 9.90 Å². The van der Waals surface area contributed by atoms with Crippen LogP contribution in [0.4, 0.5) is 0 Å². The molecule has 1 saturated carbocycles. The van der Waals surface area contributed by atoms with Gasteiger partial charge in [0.15, 0.2) is 16.3 Å². The summed E-state index contributed by atoms with van der Waals surface area (Å²) in [7, 11) is 0. The number of hydrogen-bond donors (Lipinski definition) is 2. The summed E-state index contributed by atoms with van der Waals surface area (Å²) in [4.78, 5) is 15.0. The molecule has 1 aromatic rings. The van der Waals surface area contributed by atoms with E-state index in [0.717, 1.165) is 48.8 Å². The van der Waals surface area contributed by atoms with Crippen LogP contribution in [0.2, 0.25) is 0 Å². The van der Waals surface area contributed by atoms with Crippen LogP contribution in [0, 0.1) is 11.8 Å². The van der Waals surface area contributed by atoms with E-state index in [1.54, 1.807) is 5.38 Å². The number of halogens is 1. The van der Waals surface area contributed by atoms with Crippen LogP contribution in [0.1, 0.15) is 42.6 Å². The minimum absolute atomic E-state index is 0.00880. The van der Waals surface area contributed by atoms with Crippen molar-refractivity contribution in [1.29, 1.82) is 0 Å². The molecule has 1 unspecified atom stereocenters. The van der Waals surface area contributed by atoms with Crippen molar-refractivity contribution >= 4 is 40.7 Å². The molecule has 3 rings (SSSR count). The number of hydrogen-bond acceptors (Lipinski definition) is 7. The lowest BCUT2D eigenvalue weighted by molar-refractivity contribution is -0.197. The smallest absolute Gasteiger partial charge is 0.355 e. The SMILES string of the molecule is O=C(O)c1csc(SCC[C@@H]2[C@@H](CO)[C@H](OC3CCCCO3)C[C@H]2Cl)n1. The van der Waals surface area contributed by atoms with Gasteiger partial charge in [-0.25, -0.2) is 9.78 Å². The molecule has 0 spiro atoms. The Balaban J connectivity index is 1.50. The van der Waals surface area contributed by atoms with Crippen LogP contribution in [0.3, 0.4) is 0 Å². The van der Waals surface area contributed by atoms with Gasteiger partial charge in [0, 0.05) is 35.6 Å². The van der Waals surface area contributed by atoms with Gasteiger partial charge < -0.3 is 19.7 Å². The van der Waals surface area contributed by atoms with E-state index in [1.165, 1.54) is 23.1 Å². The number of carbonyl (C=O) groups is 1. The van der Waals surface area contributed by atoms with Gasteiger partial charge in [0.05, 0.1) is 6.10 Å². The monoisotopic (exact) mass is 421 g/mol. The Morgan fingerprint density at radius 1 is 1.46 bits per heavy atom. The quantitative estimate of drug-likeness (QED) is 0.490. The number of aliphatic hydroxyl groups is 1. The lowest BCUT2D eigenvalue weighted by atomic mass is 9.93. The molecule has 0 aromatic carbocycles. The second-order valence-corrected chi connectivity index (χ2v) is 9.43. The van der Waals surface area contributed by atoms with Gasteiger partial charge in [-0.05, 0) is 38.0 Å². The second kappa shape index (κ2) is 9.71. The minimum atomic E-state index is -1.00. The molecule has 1 saturated heterocycles. The predicted molar refractivity (Wildman–Crippen MR) is 101 cm³/mol. The maximum atomic E-state index is 10.9. The maximum Gasteiger partial charge on any atom is 0.355 e. The van der Waals surface area contributed by atoms with E-state index >= 15 is 0 Å². The molecule has 1 aliphatic heterocycles. The highest BCUT2D eigenvalue weighted by Gasteiger charge is 2.43. The zero-order valence-electron chi connectivity index (χ0n) is 14.4. The van der Waals surface area contributed by atoms with Crippen molar-refractivity contribution in [2.45, 2.75) is 54.2 Å². The fraction of sp³-hybridized carbons (Fsp3) is 0.765. The van der Waals surface area contributed by atoms with E-state index in [0.29, 0.717) is 0 Å². The standard InChI is InChI=1S/C17H24ClNO5S2/c18-12-7-14(24-15-3-1-2-5-23-15)11(8-20)10(12)4-6-25-17-19-13(9-26-17)16(21)22/h9-12,14-15,20H,1-8H2,(H,21,22)/t10-,11-,12-,14-,15?/m1/s1.